The molecule has 1 N–H and O–H groups in total. The van der Waals surface area contributed by atoms with Crippen molar-refractivity contribution in [3.63, 3.8) is 0 Å². The Morgan fingerprint density at radius 1 is 0.914 bits per heavy atom. The van der Waals surface area contributed by atoms with Gasteiger partial charge in [0.05, 0.1) is 17.9 Å². The van der Waals surface area contributed by atoms with Crippen LogP contribution in [0.1, 0.15) is 51.0 Å². The van der Waals surface area contributed by atoms with Crippen LogP contribution in [0.2, 0.25) is 0 Å². The van der Waals surface area contributed by atoms with Crippen LogP contribution in [0, 0.1) is 0 Å². The van der Waals surface area contributed by atoms with Crippen molar-refractivity contribution in [1.82, 2.24) is 20.3 Å². The lowest BCUT2D eigenvalue weighted by Gasteiger charge is -2.28. The molecular formula is C27H31N5O3. The van der Waals surface area contributed by atoms with Crippen LogP contribution < -0.4 is 10.2 Å². The first-order valence-electron chi connectivity index (χ1n) is 12.1. The topological polar surface area (TPSA) is 97.2 Å². The number of anilines is 1. The Hall–Kier alpha value is -3.81. The van der Waals surface area contributed by atoms with Gasteiger partial charge in [-0.05, 0) is 31.4 Å². The monoisotopic (exact) mass is 473 g/mol. The lowest BCUT2D eigenvalue weighted by Crippen LogP contribution is -2.33. The maximum Gasteiger partial charge on any atom is 0.227 e. The molecule has 35 heavy (non-hydrogen) atoms. The van der Waals surface area contributed by atoms with E-state index in [-0.39, 0.29) is 30.4 Å². The molecule has 0 unspecified atom stereocenters. The van der Waals surface area contributed by atoms with Crippen molar-refractivity contribution in [2.45, 2.75) is 52.0 Å². The summed E-state index contributed by atoms with van der Waals surface area (Å²) >= 11 is 0. The van der Waals surface area contributed by atoms with Gasteiger partial charge in [-0.2, -0.15) is 0 Å². The van der Waals surface area contributed by atoms with Gasteiger partial charge in [-0.25, -0.2) is 4.68 Å². The maximum atomic E-state index is 13.4. The molecule has 2 heterocycles. The number of para-hydroxylation sites is 1. The van der Waals surface area contributed by atoms with Crippen molar-refractivity contribution in [2.24, 2.45) is 7.05 Å². The van der Waals surface area contributed by atoms with Crippen molar-refractivity contribution < 1.29 is 14.4 Å². The fraction of sp³-hybridized carbons (Fsp3) is 0.370. The molecule has 1 aliphatic heterocycles. The molecule has 0 spiro atoms. The second-order valence-electron chi connectivity index (χ2n) is 8.93. The van der Waals surface area contributed by atoms with Crippen molar-refractivity contribution in [3.8, 4) is 22.5 Å². The number of hydrogen-bond donors (Lipinski definition) is 1. The van der Waals surface area contributed by atoms with Crippen molar-refractivity contribution in [3.05, 3.63) is 54.1 Å². The van der Waals surface area contributed by atoms with Gasteiger partial charge in [0.25, 0.3) is 0 Å². The minimum atomic E-state index is -0.137. The summed E-state index contributed by atoms with van der Waals surface area (Å²) in [6.07, 6.45) is 3.38. The van der Waals surface area contributed by atoms with Crippen LogP contribution >= 0.6 is 0 Å². The smallest absolute Gasteiger partial charge is 0.227 e. The van der Waals surface area contributed by atoms with Crippen LogP contribution in [0.5, 0.6) is 0 Å². The summed E-state index contributed by atoms with van der Waals surface area (Å²) in [7, 11) is 1.87. The predicted molar refractivity (Wildman–Crippen MR) is 134 cm³/mol. The first-order chi connectivity index (χ1) is 17.0. The second-order valence-corrected chi connectivity index (χ2v) is 8.93. The largest absolute Gasteiger partial charge is 0.356 e. The lowest BCUT2D eigenvalue weighted by atomic mass is 9.95. The highest BCUT2D eigenvalue weighted by Gasteiger charge is 2.28. The number of nitrogens with zero attached hydrogens (tertiary/aromatic N) is 4. The maximum absolute atomic E-state index is 13.4. The van der Waals surface area contributed by atoms with Crippen LogP contribution in [0.25, 0.3) is 22.5 Å². The number of ketones is 1. The lowest BCUT2D eigenvalue weighted by molar-refractivity contribution is -0.125. The summed E-state index contributed by atoms with van der Waals surface area (Å²) in [5.74, 6) is -0.0606. The van der Waals surface area contributed by atoms with Crippen molar-refractivity contribution in [1.29, 1.82) is 0 Å². The van der Waals surface area contributed by atoms with E-state index in [1.807, 2.05) is 55.6 Å². The number of carbonyl (C=O) groups is 3. The van der Waals surface area contributed by atoms with Crippen LogP contribution in [0.4, 0.5) is 5.69 Å². The first kappa shape index (κ1) is 24.3. The molecule has 0 aliphatic carbocycles. The van der Waals surface area contributed by atoms with Gasteiger partial charge >= 0.3 is 0 Å². The van der Waals surface area contributed by atoms with E-state index in [9.17, 15) is 14.4 Å². The second kappa shape index (κ2) is 11.1. The van der Waals surface area contributed by atoms with Crippen LogP contribution in [0.15, 0.2) is 48.5 Å². The molecular weight excluding hydrogens is 442 g/mol. The molecule has 2 amide bonds. The normalized spacial score (nSPS) is 12.1. The molecule has 2 aromatic carbocycles. The molecule has 182 valence electrons. The Balaban J connectivity index is 1.47. The number of hydrogen-bond acceptors (Lipinski definition) is 5. The zero-order chi connectivity index (χ0) is 24.8. The Bertz CT molecular complexity index is 1230. The number of aryl methyl sites for hydroxylation is 1. The summed E-state index contributed by atoms with van der Waals surface area (Å²) in [5, 5.41) is 11.6. The fourth-order valence-electron chi connectivity index (χ4n) is 4.46. The summed E-state index contributed by atoms with van der Waals surface area (Å²) in [5.41, 5.74) is 5.24. The average molecular weight is 474 g/mol. The van der Waals surface area contributed by atoms with Crippen LogP contribution in [-0.4, -0.2) is 39.1 Å². The number of fused-ring (bicyclic) bond motifs is 5. The molecule has 1 aliphatic rings. The average Bonchev–Trinajstić information content (AvgIpc) is 3.22. The minimum absolute atomic E-state index is 0.111. The number of rotatable bonds is 9. The number of unbranched alkanes of at least 4 members (excludes halogenated alkanes) is 2. The third-order valence-electron chi connectivity index (χ3n) is 6.27. The zero-order valence-electron chi connectivity index (χ0n) is 20.3. The number of carbonyl (C=O) groups excluding carboxylic acids is 3. The van der Waals surface area contributed by atoms with Crippen LogP contribution in [0.3, 0.4) is 0 Å². The number of nitrogens with one attached hydrogen (secondary N) is 1. The van der Waals surface area contributed by atoms with Gasteiger partial charge in [0.15, 0.2) is 0 Å². The number of Topliss-reactive ketones (excluding diaryl/α,β-unsaturated/α-hetero) is 1. The van der Waals surface area contributed by atoms with Gasteiger partial charge in [0.1, 0.15) is 11.5 Å². The van der Waals surface area contributed by atoms with E-state index in [0.717, 1.165) is 53.0 Å². The van der Waals surface area contributed by atoms with E-state index in [1.165, 1.54) is 0 Å². The van der Waals surface area contributed by atoms with Crippen LogP contribution in [-0.2, 0) is 28.0 Å². The summed E-state index contributed by atoms with van der Waals surface area (Å²) < 4.78 is 1.77. The number of aromatic nitrogens is 3. The third kappa shape index (κ3) is 5.65. The summed E-state index contributed by atoms with van der Waals surface area (Å²) in [4.78, 5) is 38.5. The molecule has 1 aromatic heterocycles. The van der Waals surface area contributed by atoms with Gasteiger partial charge in [-0.3, -0.25) is 9.59 Å². The highest BCUT2D eigenvalue weighted by atomic mass is 16.2. The standard InChI is InChI=1S/C27H31N5O3/c1-19(33)10-4-3-9-17-28-24(34)15-16-25(35)32-18-20-11-5-6-12-21(20)27-26(29-30-31(27)2)22-13-7-8-14-23(22)32/h5-8,11-14H,3-4,9-10,15-18H2,1-2H3,(H,28,34). The first-order valence-corrected chi connectivity index (χ1v) is 12.1. The molecule has 0 bridgehead atoms. The van der Waals surface area contributed by atoms with Gasteiger partial charge in [-0.15, -0.1) is 5.10 Å². The molecule has 3 aromatic rings. The van der Waals surface area contributed by atoms with E-state index < -0.39 is 0 Å². The summed E-state index contributed by atoms with van der Waals surface area (Å²) in [6.45, 7) is 2.54. The molecule has 0 saturated carbocycles. The Kier molecular flexibility index (Phi) is 7.70. The Labute approximate surface area is 205 Å². The SMILES string of the molecule is CC(=O)CCCCCNC(=O)CCC(=O)N1Cc2ccccc2-c2c(nnn2C)-c2ccccc21. The fourth-order valence-corrected chi connectivity index (χ4v) is 4.46. The number of amides is 2. The predicted octanol–water partition coefficient (Wildman–Crippen LogP) is 4.04. The molecule has 8 heteroatoms. The van der Waals surface area contributed by atoms with Gasteiger partial charge in [0.2, 0.25) is 11.8 Å². The Morgan fingerprint density at radius 2 is 1.66 bits per heavy atom. The van der Waals surface area contributed by atoms with Gasteiger partial charge in [0, 0.05) is 44.0 Å². The van der Waals surface area contributed by atoms with Crippen molar-refractivity contribution in [2.75, 3.05) is 11.4 Å². The zero-order valence-corrected chi connectivity index (χ0v) is 20.3. The highest BCUT2D eigenvalue weighted by molar-refractivity contribution is 6.01. The minimum Gasteiger partial charge on any atom is -0.356 e. The van der Waals surface area contributed by atoms with E-state index in [2.05, 4.69) is 15.6 Å². The van der Waals surface area contributed by atoms with Gasteiger partial charge in [-0.1, -0.05) is 54.1 Å². The quantitative estimate of drug-likeness (QED) is 0.473. The van der Waals surface area contributed by atoms with E-state index in [1.54, 1.807) is 16.5 Å². The van der Waals surface area contributed by atoms with E-state index in [4.69, 9.17) is 0 Å². The third-order valence-corrected chi connectivity index (χ3v) is 6.27. The highest BCUT2D eigenvalue weighted by Crippen LogP contribution is 2.40. The Morgan fingerprint density at radius 3 is 2.46 bits per heavy atom. The molecule has 0 saturated heterocycles. The van der Waals surface area contributed by atoms with Gasteiger partial charge < -0.3 is 15.0 Å². The number of benzene rings is 2. The van der Waals surface area contributed by atoms with Crippen molar-refractivity contribution >= 4 is 23.3 Å². The molecule has 8 nitrogen and oxygen atoms in total. The molecule has 0 atom stereocenters. The summed E-state index contributed by atoms with van der Waals surface area (Å²) in [6, 6.07) is 15.7. The molecule has 0 fully saturated rings. The molecule has 0 radical (unpaired) electrons. The van der Waals surface area contributed by atoms with E-state index in [0.29, 0.717) is 19.5 Å². The molecule has 4 rings (SSSR count). The van der Waals surface area contributed by atoms with E-state index >= 15 is 0 Å².